The first-order valence-corrected chi connectivity index (χ1v) is 7.37. The number of hydrogen-bond acceptors (Lipinski definition) is 4. The Kier molecular flexibility index (Phi) is 4.05. The van der Waals surface area contributed by atoms with Crippen molar-refractivity contribution >= 4 is 34.8 Å². The monoisotopic (exact) mass is 332 g/mol. The molecule has 2 aromatic carbocycles. The largest absolute Gasteiger partial charge is 0.496 e. The van der Waals surface area contributed by atoms with Gasteiger partial charge in [-0.05, 0) is 24.3 Å². The van der Waals surface area contributed by atoms with Crippen LogP contribution in [0.25, 0.3) is 22.3 Å². The molecule has 3 nitrogen and oxygen atoms in total. The molecule has 0 saturated heterocycles. The summed E-state index contributed by atoms with van der Waals surface area (Å²) in [5.74, 6) is 1.95. The molecule has 0 radical (unpaired) electrons. The molecule has 1 heterocycles. The van der Waals surface area contributed by atoms with Crippen molar-refractivity contribution in [1.82, 2.24) is 0 Å². The summed E-state index contributed by atoms with van der Waals surface area (Å²) in [7, 11) is 3.19. The van der Waals surface area contributed by atoms with Crippen LogP contribution in [0, 0.1) is 4.51 Å². The summed E-state index contributed by atoms with van der Waals surface area (Å²) in [6.45, 7) is 0. The number of ether oxygens (including phenoxy) is 2. The fourth-order valence-electron chi connectivity index (χ4n) is 2.26. The summed E-state index contributed by atoms with van der Waals surface area (Å²) in [6, 6.07) is 12.8. The van der Waals surface area contributed by atoms with Crippen molar-refractivity contribution < 1.29 is 13.9 Å². The van der Waals surface area contributed by atoms with Crippen LogP contribution in [0.3, 0.4) is 0 Å². The van der Waals surface area contributed by atoms with Gasteiger partial charge in [0.1, 0.15) is 22.8 Å². The average molecular weight is 333 g/mol. The SMILES string of the molecule is COc1cc(OC)c2c(=S)cc(-c3ccc(Cl)cc3)oc2c1. The van der Waals surface area contributed by atoms with Crippen LogP contribution in [0.5, 0.6) is 11.5 Å². The first-order chi connectivity index (χ1) is 10.6. The molecule has 0 unspecified atom stereocenters. The van der Waals surface area contributed by atoms with Crippen LogP contribution in [0.4, 0.5) is 0 Å². The standard InChI is InChI=1S/C17H13ClO3S/c1-19-12-7-14(20-2)17-15(8-12)21-13(9-16(17)22)10-3-5-11(18)6-4-10/h3-9H,1-2H3. The predicted octanol–water partition coefficient (Wildman–Crippen LogP) is 5.50. The van der Waals surface area contributed by atoms with E-state index in [9.17, 15) is 0 Å². The Bertz CT molecular complexity index is 885. The number of rotatable bonds is 3. The van der Waals surface area contributed by atoms with Crippen LogP contribution in [0.2, 0.25) is 5.02 Å². The van der Waals surface area contributed by atoms with Crippen molar-refractivity contribution in [3.05, 3.63) is 52.0 Å². The van der Waals surface area contributed by atoms with Gasteiger partial charge in [-0.15, -0.1) is 0 Å². The highest BCUT2D eigenvalue weighted by molar-refractivity contribution is 7.71. The molecule has 0 N–H and O–H groups in total. The molecular formula is C17H13ClO3S. The van der Waals surface area contributed by atoms with Gasteiger partial charge in [0.2, 0.25) is 0 Å². The van der Waals surface area contributed by atoms with E-state index in [2.05, 4.69) is 0 Å². The molecule has 5 heteroatoms. The lowest BCUT2D eigenvalue weighted by atomic mass is 10.1. The summed E-state index contributed by atoms with van der Waals surface area (Å²) in [6.07, 6.45) is 0. The van der Waals surface area contributed by atoms with Gasteiger partial charge in [-0.3, -0.25) is 0 Å². The number of methoxy groups -OCH3 is 2. The first kappa shape index (κ1) is 14.9. The molecule has 22 heavy (non-hydrogen) atoms. The van der Waals surface area contributed by atoms with Gasteiger partial charge >= 0.3 is 0 Å². The quantitative estimate of drug-likeness (QED) is 0.593. The van der Waals surface area contributed by atoms with E-state index in [-0.39, 0.29) is 0 Å². The summed E-state index contributed by atoms with van der Waals surface area (Å²) in [5, 5.41) is 1.43. The third kappa shape index (κ3) is 2.67. The Hall–Kier alpha value is -2.04. The van der Waals surface area contributed by atoms with E-state index in [4.69, 9.17) is 37.7 Å². The lowest BCUT2D eigenvalue weighted by molar-refractivity contribution is 0.396. The fourth-order valence-corrected chi connectivity index (χ4v) is 2.70. The highest BCUT2D eigenvalue weighted by Crippen LogP contribution is 2.35. The summed E-state index contributed by atoms with van der Waals surface area (Å²) >= 11 is 11.4. The summed E-state index contributed by atoms with van der Waals surface area (Å²) in [5.41, 5.74) is 1.52. The fraction of sp³-hybridized carbons (Fsp3) is 0.118. The first-order valence-electron chi connectivity index (χ1n) is 6.58. The van der Waals surface area contributed by atoms with Crippen LogP contribution < -0.4 is 9.47 Å². The van der Waals surface area contributed by atoms with Crippen molar-refractivity contribution in [3.63, 3.8) is 0 Å². The number of hydrogen-bond donors (Lipinski definition) is 0. The molecule has 0 spiro atoms. The van der Waals surface area contributed by atoms with Gasteiger partial charge in [0, 0.05) is 28.8 Å². The summed E-state index contributed by atoms with van der Waals surface area (Å²) in [4.78, 5) is 0. The minimum absolute atomic E-state index is 0.619. The number of fused-ring (bicyclic) bond motifs is 1. The maximum Gasteiger partial charge on any atom is 0.143 e. The predicted molar refractivity (Wildman–Crippen MR) is 90.6 cm³/mol. The molecule has 0 saturated carbocycles. The average Bonchev–Trinajstić information content (AvgIpc) is 2.54. The molecule has 0 bridgehead atoms. The number of benzene rings is 2. The van der Waals surface area contributed by atoms with Gasteiger partial charge in [-0.25, -0.2) is 0 Å². The zero-order valence-electron chi connectivity index (χ0n) is 12.1. The van der Waals surface area contributed by atoms with E-state index in [1.165, 1.54) is 0 Å². The van der Waals surface area contributed by atoms with Crippen LogP contribution in [0.15, 0.2) is 46.9 Å². The highest BCUT2D eigenvalue weighted by Gasteiger charge is 2.11. The minimum atomic E-state index is 0.619. The van der Waals surface area contributed by atoms with Crippen LogP contribution in [0.1, 0.15) is 0 Å². The third-order valence-corrected chi connectivity index (χ3v) is 3.93. The Labute approximate surface area is 138 Å². The maximum absolute atomic E-state index is 5.98. The molecule has 0 aliphatic rings. The minimum Gasteiger partial charge on any atom is -0.496 e. The summed E-state index contributed by atoms with van der Waals surface area (Å²) < 4.78 is 17.3. The van der Waals surface area contributed by atoms with E-state index >= 15 is 0 Å². The lowest BCUT2D eigenvalue weighted by Crippen LogP contribution is -1.90. The van der Waals surface area contributed by atoms with E-state index in [1.54, 1.807) is 26.4 Å². The molecule has 112 valence electrons. The Morgan fingerprint density at radius 1 is 1.00 bits per heavy atom. The van der Waals surface area contributed by atoms with Crippen molar-refractivity contribution in [3.8, 4) is 22.8 Å². The smallest absolute Gasteiger partial charge is 0.143 e. The second kappa shape index (κ2) is 5.99. The Balaban J connectivity index is 2.27. The Morgan fingerprint density at radius 2 is 1.73 bits per heavy atom. The molecule has 3 rings (SSSR count). The van der Waals surface area contributed by atoms with Crippen LogP contribution in [-0.2, 0) is 0 Å². The van der Waals surface area contributed by atoms with Gasteiger partial charge in [0.25, 0.3) is 0 Å². The lowest BCUT2D eigenvalue weighted by Gasteiger charge is -2.10. The maximum atomic E-state index is 5.98. The van der Waals surface area contributed by atoms with E-state index < -0.39 is 0 Å². The van der Waals surface area contributed by atoms with E-state index in [0.717, 1.165) is 10.9 Å². The molecule has 3 aromatic rings. The topological polar surface area (TPSA) is 31.6 Å². The van der Waals surface area contributed by atoms with Crippen LogP contribution >= 0.6 is 23.8 Å². The highest BCUT2D eigenvalue weighted by atomic mass is 35.5. The molecule has 0 aliphatic heterocycles. The Morgan fingerprint density at radius 3 is 2.36 bits per heavy atom. The molecule has 0 amide bonds. The normalized spacial score (nSPS) is 10.7. The van der Waals surface area contributed by atoms with E-state index in [0.29, 0.717) is 32.4 Å². The van der Waals surface area contributed by atoms with E-state index in [1.807, 2.05) is 30.3 Å². The molecule has 0 fully saturated rings. The third-order valence-electron chi connectivity index (χ3n) is 3.35. The van der Waals surface area contributed by atoms with Gasteiger partial charge in [-0.1, -0.05) is 23.8 Å². The second-order valence-electron chi connectivity index (χ2n) is 4.68. The van der Waals surface area contributed by atoms with Gasteiger partial charge in [0.05, 0.1) is 24.1 Å². The van der Waals surface area contributed by atoms with Crippen molar-refractivity contribution in [2.75, 3.05) is 14.2 Å². The zero-order valence-corrected chi connectivity index (χ0v) is 13.6. The number of halogens is 1. The zero-order chi connectivity index (χ0) is 15.7. The van der Waals surface area contributed by atoms with Crippen molar-refractivity contribution in [1.29, 1.82) is 0 Å². The molecule has 0 aliphatic carbocycles. The molecular weight excluding hydrogens is 320 g/mol. The van der Waals surface area contributed by atoms with Gasteiger partial charge < -0.3 is 13.9 Å². The van der Waals surface area contributed by atoms with Crippen molar-refractivity contribution in [2.24, 2.45) is 0 Å². The van der Waals surface area contributed by atoms with Gasteiger partial charge in [0.15, 0.2) is 0 Å². The molecule has 1 aromatic heterocycles. The second-order valence-corrected chi connectivity index (χ2v) is 5.56. The van der Waals surface area contributed by atoms with Gasteiger partial charge in [-0.2, -0.15) is 0 Å². The molecule has 0 atom stereocenters. The van der Waals surface area contributed by atoms with Crippen LogP contribution in [-0.4, -0.2) is 14.2 Å². The van der Waals surface area contributed by atoms with Crippen molar-refractivity contribution in [2.45, 2.75) is 0 Å².